The third-order valence-electron chi connectivity index (χ3n) is 2.91. The van der Waals surface area contributed by atoms with Crippen molar-refractivity contribution in [2.75, 3.05) is 18.5 Å². The van der Waals surface area contributed by atoms with Crippen LogP contribution in [-0.2, 0) is 6.54 Å². The van der Waals surface area contributed by atoms with Gasteiger partial charge in [0.15, 0.2) is 0 Å². The summed E-state index contributed by atoms with van der Waals surface area (Å²) in [5.41, 5.74) is 7.44. The monoisotopic (exact) mass is 288 g/mol. The van der Waals surface area contributed by atoms with Crippen LogP contribution in [0.25, 0.3) is 0 Å². The molecule has 0 aliphatic rings. The van der Waals surface area contributed by atoms with E-state index in [1.165, 1.54) is 0 Å². The first-order valence-electron chi connectivity index (χ1n) is 6.92. The van der Waals surface area contributed by atoms with E-state index < -0.39 is 0 Å². The molecule has 112 valence electrons. The van der Waals surface area contributed by atoms with E-state index in [9.17, 15) is 4.79 Å². The van der Waals surface area contributed by atoms with Gasteiger partial charge in [-0.3, -0.25) is 9.48 Å². The van der Waals surface area contributed by atoms with Crippen LogP contribution in [0.4, 0.5) is 5.69 Å². The first kappa shape index (κ1) is 15.1. The van der Waals surface area contributed by atoms with Crippen LogP contribution in [0.2, 0.25) is 0 Å². The van der Waals surface area contributed by atoms with Gasteiger partial charge in [0.05, 0.1) is 5.69 Å². The molecule has 6 heteroatoms. The van der Waals surface area contributed by atoms with Crippen molar-refractivity contribution in [3.8, 4) is 5.75 Å². The van der Waals surface area contributed by atoms with Gasteiger partial charge in [0.25, 0.3) is 5.91 Å². The summed E-state index contributed by atoms with van der Waals surface area (Å²) in [4.78, 5) is 12.3. The average molecular weight is 288 g/mol. The summed E-state index contributed by atoms with van der Waals surface area (Å²) in [6, 6.07) is 9.00. The molecule has 3 N–H and O–H groups in total. The van der Waals surface area contributed by atoms with E-state index in [-0.39, 0.29) is 5.91 Å². The summed E-state index contributed by atoms with van der Waals surface area (Å²) in [5.74, 6) is 0.492. The number of aromatic nitrogens is 2. The Morgan fingerprint density at radius 3 is 2.95 bits per heavy atom. The van der Waals surface area contributed by atoms with Crippen molar-refractivity contribution < 1.29 is 9.53 Å². The van der Waals surface area contributed by atoms with E-state index >= 15 is 0 Å². The number of rotatable bonds is 6. The Morgan fingerprint density at radius 1 is 1.43 bits per heavy atom. The highest BCUT2D eigenvalue weighted by Gasteiger charge is 2.13. The topological polar surface area (TPSA) is 82.2 Å². The van der Waals surface area contributed by atoms with Crippen molar-refractivity contribution in [2.45, 2.75) is 20.4 Å². The van der Waals surface area contributed by atoms with Gasteiger partial charge in [0.1, 0.15) is 18.1 Å². The lowest BCUT2D eigenvalue weighted by atomic mass is 10.2. The summed E-state index contributed by atoms with van der Waals surface area (Å²) in [6.07, 6.45) is 0. The molecule has 0 saturated carbocycles. The van der Waals surface area contributed by atoms with Gasteiger partial charge in [-0.25, -0.2) is 0 Å². The maximum absolute atomic E-state index is 12.3. The molecular weight excluding hydrogens is 268 g/mol. The van der Waals surface area contributed by atoms with Crippen molar-refractivity contribution in [1.82, 2.24) is 9.78 Å². The molecule has 0 unspecified atom stereocenters. The molecule has 0 fully saturated rings. The summed E-state index contributed by atoms with van der Waals surface area (Å²) < 4.78 is 7.12. The second-order valence-corrected chi connectivity index (χ2v) is 4.61. The fraction of sp³-hybridized carbons (Fsp3) is 0.333. The van der Waals surface area contributed by atoms with Gasteiger partial charge in [-0.2, -0.15) is 5.10 Å². The number of amides is 1. The van der Waals surface area contributed by atoms with Crippen LogP contribution in [0.1, 0.15) is 23.1 Å². The standard InChI is InChI=1S/C15H20N4O2/c1-3-19-14(9-11(2)18-19)15(20)17-12-5-4-6-13(10-12)21-8-7-16/h4-6,9-10H,3,7-8,16H2,1-2H3,(H,17,20). The van der Waals surface area contributed by atoms with Gasteiger partial charge in [-0.1, -0.05) is 6.07 Å². The number of hydrogen-bond donors (Lipinski definition) is 2. The number of hydrogen-bond acceptors (Lipinski definition) is 4. The number of nitrogens with one attached hydrogen (secondary N) is 1. The van der Waals surface area contributed by atoms with Gasteiger partial charge in [-0.05, 0) is 32.0 Å². The van der Waals surface area contributed by atoms with Crippen LogP contribution >= 0.6 is 0 Å². The number of anilines is 1. The molecule has 0 aliphatic carbocycles. The third kappa shape index (κ3) is 3.82. The maximum atomic E-state index is 12.3. The molecule has 21 heavy (non-hydrogen) atoms. The predicted octanol–water partition coefficient (Wildman–Crippen LogP) is 1.80. The largest absolute Gasteiger partial charge is 0.492 e. The molecule has 0 radical (unpaired) electrons. The third-order valence-corrected chi connectivity index (χ3v) is 2.91. The van der Waals surface area contributed by atoms with Crippen molar-refractivity contribution in [3.05, 3.63) is 41.7 Å². The zero-order valence-electron chi connectivity index (χ0n) is 12.3. The van der Waals surface area contributed by atoms with Gasteiger partial charge in [0, 0.05) is 24.8 Å². The Kier molecular flexibility index (Phi) is 4.94. The molecule has 1 aromatic heterocycles. The first-order chi connectivity index (χ1) is 10.1. The fourth-order valence-corrected chi connectivity index (χ4v) is 2.00. The SMILES string of the molecule is CCn1nc(C)cc1C(=O)Nc1cccc(OCCN)c1. The number of carbonyl (C=O) groups is 1. The highest BCUT2D eigenvalue weighted by Crippen LogP contribution is 2.18. The minimum absolute atomic E-state index is 0.187. The second-order valence-electron chi connectivity index (χ2n) is 4.61. The van der Waals surface area contributed by atoms with Crippen molar-refractivity contribution in [1.29, 1.82) is 0 Å². The van der Waals surface area contributed by atoms with Gasteiger partial charge in [-0.15, -0.1) is 0 Å². The molecule has 0 bridgehead atoms. The highest BCUT2D eigenvalue weighted by molar-refractivity contribution is 6.03. The van der Waals surface area contributed by atoms with E-state index in [4.69, 9.17) is 10.5 Å². The minimum Gasteiger partial charge on any atom is -0.492 e. The summed E-state index contributed by atoms with van der Waals surface area (Å²) >= 11 is 0. The first-order valence-corrected chi connectivity index (χ1v) is 6.92. The molecule has 1 amide bonds. The molecular formula is C15H20N4O2. The van der Waals surface area contributed by atoms with Crippen LogP contribution < -0.4 is 15.8 Å². The maximum Gasteiger partial charge on any atom is 0.273 e. The van der Waals surface area contributed by atoms with Crippen LogP contribution in [0.5, 0.6) is 5.75 Å². The van der Waals surface area contributed by atoms with E-state index in [1.807, 2.05) is 32.0 Å². The van der Waals surface area contributed by atoms with Gasteiger partial charge < -0.3 is 15.8 Å². The smallest absolute Gasteiger partial charge is 0.273 e. The normalized spacial score (nSPS) is 10.4. The van der Waals surface area contributed by atoms with Crippen molar-refractivity contribution in [2.24, 2.45) is 5.73 Å². The second kappa shape index (κ2) is 6.90. The Balaban J connectivity index is 2.11. The van der Waals surface area contributed by atoms with Crippen LogP contribution in [0.15, 0.2) is 30.3 Å². The molecule has 2 rings (SSSR count). The molecule has 0 spiro atoms. The van der Waals surface area contributed by atoms with E-state index in [1.54, 1.807) is 16.8 Å². The van der Waals surface area contributed by atoms with Gasteiger partial charge in [0.2, 0.25) is 0 Å². The Bertz CT molecular complexity index is 622. The van der Waals surface area contributed by atoms with E-state index in [0.29, 0.717) is 36.8 Å². The molecule has 1 aromatic carbocycles. The number of nitrogens with two attached hydrogens (primary N) is 1. The zero-order chi connectivity index (χ0) is 15.2. The van der Waals surface area contributed by atoms with Crippen molar-refractivity contribution >= 4 is 11.6 Å². The molecule has 6 nitrogen and oxygen atoms in total. The lowest BCUT2D eigenvalue weighted by molar-refractivity contribution is 0.101. The Labute approximate surface area is 123 Å². The summed E-state index contributed by atoms with van der Waals surface area (Å²) in [5, 5.41) is 7.12. The quantitative estimate of drug-likeness (QED) is 0.849. The zero-order valence-corrected chi connectivity index (χ0v) is 12.3. The molecule has 0 saturated heterocycles. The Morgan fingerprint density at radius 2 is 2.24 bits per heavy atom. The lowest BCUT2D eigenvalue weighted by Crippen LogP contribution is -2.17. The average Bonchev–Trinajstić information content (AvgIpc) is 2.87. The van der Waals surface area contributed by atoms with Crippen LogP contribution in [0, 0.1) is 6.92 Å². The number of aryl methyl sites for hydroxylation is 2. The fourth-order valence-electron chi connectivity index (χ4n) is 2.00. The van der Waals surface area contributed by atoms with Crippen LogP contribution in [0.3, 0.4) is 0 Å². The number of carbonyl (C=O) groups excluding carboxylic acids is 1. The molecule has 0 atom stereocenters. The predicted molar refractivity (Wildman–Crippen MR) is 81.6 cm³/mol. The van der Waals surface area contributed by atoms with Crippen LogP contribution in [-0.4, -0.2) is 28.8 Å². The molecule has 0 aliphatic heterocycles. The molecule has 2 aromatic rings. The number of ether oxygens (including phenoxy) is 1. The summed E-state index contributed by atoms with van der Waals surface area (Å²) in [6.45, 7) is 5.36. The molecule has 1 heterocycles. The lowest BCUT2D eigenvalue weighted by Gasteiger charge is -2.09. The minimum atomic E-state index is -0.187. The number of nitrogens with zero attached hydrogens (tertiary/aromatic N) is 2. The number of benzene rings is 1. The van der Waals surface area contributed by atoms with E-state index in [0.717, 1.165) is 5.69 Å². The van der Waals surface area contributed by atoms with Gasteiger partial charge >= 0.3 is 0 Å². The Hall–Kier alpha value is -2.34. The summed E-state index contributed by atoms with van der Waals surface area (Å²) in [7, 11) is 0. The van der Waals surface area contributed by atoms with Crippen molar-refractivity contribution in [3.63, 3.8) is 0 Å². The van der Waals surface area contributed by atoms with E-state index in [2.05, 4.69) is 10.4 Å². The highest BCUT2D eigenvalue weighted by atomic mass is 16.5.